The van der Waals surface area contributed by atoms with Crippen LogP contribution in [0, 0.1) is 5.82 Å². The van der Waals surface area contributed by atoms with E-state index in [0.29, 0.717) is 17.1 Å². The highest BCUT2D eigenvalue weighted by Gasteiger charge is 2.05. The molecule has 2 aromatic heterocycles. The van der Waals surface area contributed by atoms with E-state index in [2.05, 4.69) is 10.1 Å². The molecule has 0 bridgehead atoms. The minimum atomic E-state index is -0.425. The third-order valence-corrected chi connectivity index (χ3v) is 2.06. The van der Waals surface area contributed by atoms with Crippen molar-refractivity contribution in [2.45, 2.75) is 0 Å². The van der Waals surface area contributed by atoms with Crippen molar-refractivity contribution in [2.24, 2.45) is 0 Å². The highest BCUT2D eigenvalue weighted by atomic mass is 32.1. The number of thiocarbonyl (C=S) groups is 1. The molecule has 0 radical (unpaired) electrons. The maximum absolute atomic E-state index is 12.9. The predicted molar refractivity (Wildman–Crippen MR) is 58.5 cm³/mol. The first-order valence-corrected chi connectivity index (χ1v) is 4.59. The molecule has 0 aliphatic heterocycles. The van der Waals surface area contributed by atoms with Crippen LogP contribution in [0.15, 0.2) is 24.7 Å². The van der Waals surface area contributed by atoms with Gasteiger partial charge in [0.1, 0.15) is 11.5 Å². The fourth-order valence-electron chi connectivity index (χ4n) is 1.15. The summed E-state index contributed by atoms with van der Waals surface area (Å²) >= 11 is 4.72. The number of anilines is 1. The first-order valence-electron chi connectivity index (χ1n) is 4.12. The topological polar surface area (TPSA) is 56.7 Å². The van der Waals surface area contributed by atoms with Crippen molar-refractivity contribution in [3.05, 3.63) is 36.2 Å². The molecule has 6 heteroatoms. The molecule has 0 saturated carbocycles. The number of rotatable bonds is 2. The second-order valence-electron chi connectivity index (χ2n) is 2.89. The van der Waals surface area contributed by atoms with Crippen molar-refractivity contribution in [3.8, 4) is 5.69 Å². The summed E-state index contributed by atoms with van der Waals surface area (Å²) in [5, 5.41) is 5.44. The van der Waals surface area contributed by atoms with E-state index in [-0.39, 0.29) is 0 Å². The Morgan fingerprint density at radius 1 is 1.47 bits per heavy atom. The Labute approximate surface area is 90.5 Å². The quantitative estimate of drug-likeness (QED) is 0.779. The number of halogens is 1. The third kappa shape index (κ3) is 1.84. The second kappa shape index (κ2) is 3.74. The lowest BCUT2D eigenvalue weighted by atomic mass is 10.4. The Balaban J connectivity index is 2.49. The van der Waals surface area contributed by atoms with Gasteiger partial charge in [0.25, 0.3) is 0 Å². The van der Waals surface area contributed by atoms with Crippen molar-refractivity contribution < 1.29 is 4.39 Å². The van der Waals surface area contributed by atoms with Crippen LogP contribution in [0.1, 0.15) is 5.69 Å². The fraction of sp³-hybridized carbons (Fsp3) is 0. The van der Waals surface area contributed by atoms with Gasteiger partial charge in [-0.25, -0.2) is 9.07 Å². The minimum Gasteiger partial charge on any atom is -0.396 e. The van der Waals surface area contributed by atoms with Gasteiger partial charge in [0.15, 0.2) is 0 Å². The van der Waals surface area contributed by atoms with Gasteiger partial charge < -0.3 is 5.73 Å². The molecule has 0 saturated heterocycles. The van der Waals surface area contributed by atoms with Crippen molar-refractivity contribution in [1.29, 1.82) is 0 Å². The number of hydrogen-bond acceptors (Lipinski definition) is 4. The lowest BCUT2D eigenvalue weighted by Crippen LogP contribution is -1.97. The monoisotopic (exact) mass is 222 g/mol. The highest BCUT2D eigenvalue weighted by molar-refractivity contribution is 7.79. The summed E-state index contributed by atoms with van der Waals surface area (Å²) in [6.07, 6.45) is 4.17. The zero-order valence-corrected chi connectivity index (χ0v) is 8.41. The number of aromatic nitrogens is 3. The average molecular weight is 222 g/mol. The summed E-state index contributed by atoms with van der Waals surface area (Å²) in [6, 6.07) is 1.31. The summed E-state index contributed by atoms with van der Waals surface area (Å²) in [6.45, 7) is 0. The number of nitrogens with zero attached hydrogens (tertiary/aromatic N) is 3. The standard InChI is InChI=1S/C9H7FN4S/c10-6-1-7(3-12-2-6)14-4-8(11)9(5-15)13-14/h1-5H,11H2. The van der Waals surface area contributed by atoms with Crippen LogP contribution in [-0.4, -0.2) is 20.1 Å². The summed E-state index contributed by atoms with van der Waals surface area (Å²) < 4.78 is 14.3. The van der Waals surface area contributed by atoms with E-state index in [1.165, 1.54) is 22.3 Å². The van der Waals surface area contributed by atoms with Crippen LogP contribution in [0.5, 0.6) is 0 Å². The number of nitrogen functional groups attached to an aromatic ring is 1. The fourth-order valence-corrected chi connectivity index (χ4v) is 1.33. The molecule has 0 amide bonds. The summed E-state index contributed by atoms with van der Waals surface area (Å²) in [4.78, 5) is 3.71. The van der Waals surface area contributed by atoms with Crippen LogP contribution >= 0.6 is 12.2 Å². The van der Waals surface area contributed by atoms with E-state index in [1.54, 1.807) is 6.20 Å². The first-order chi connectivity index (χ1) is 7.20. The first kappa shape index (κ1) is 9.72. The van der Waals surface area contributed by atoms with Crippen LogP contribution in [0.25, 0.3) is 5.69 Å². The van der Waals surface area contributed by atoms with Crippen LogP contribution in [0.2, 0.25) is 0 Å². The largest absolute Gasteiger partial charge is 0.396 e. The minimum absolute atomic E-state index is 0.425. The highest BCUT2D eigenvalue weighted by Crippen LogP contribution is 2.12. The molecule has 4 nitrogen and oxygen atoms in total. The molecule has 0 atom stereocenters. The van der Waals surface area contributed by atoms with Crippen molar-refractivity contribution in [3.63, 3.8) is 0 Å². The number of pyridine rings is 1. The van der Waals surface area contributed by atoms with Gasteiger partial charge in [0, 0.05) is 11.4 Å². The van der Waals surface area contributed by atoms with Gasteiger partial charge in [-0.3, -0.25) is 4.98 Å². The summed E-state index contributed by atoms with van der Waals surface area (Å²) in [5.74, 6) is -0.425. The Morgan fingerprint density at radius 2 is 2.27 bits per heavy atom. The Bertz CT molecular complexity index is 509. The smallest absolute Gasteiger partial charge is 0.143 e. The Morgan fingerprint density at radius 3 is 2.87 bits per heavy atom. The second-order valence-corrected chi connectivity index (χ2v) is 3.13. The van der Waals surface area contributed by atoms with Crippen molar-refractivity contribution in [1.82, 2.24) is 14.8 Å². The van der Waals surface area contributed by atoms with E-state index in [1.807, 2.05) is 0 Å². The molecule has 76 valence electrons. The van der Waals surface area contributed by atoms with E-state index in [9.17, 15) is 4.39 Å². The molecule has 0 unspecified atom stereocenters. The van der Waals surface area contributed by atoms with Gasteiger partial charge in [0.2, 0.25) is 0 Å². The van der Waals surface area contributed by atoms with Gasteiger partial charge in [-0.1, -0.05) is 12.2 Å². The van der Waals surface area contributed by atoms with Crippen LogP contribution < -0.4 is 5.73 Å². The third-order valence-electron chi connectivity index (χ3n) is 1.84. The summed E-state index contributed by atoms with van der Waals surface area (Å²) in [5.41, 5.74) is 7.08. The predicted octanol–water partition coefficient (Wildman–Crippen LogP) is 1.34. The number of nitrogens with two attached hydrogens (primary N) is 1. The molecular formula is C9H7FN4S. The molecule has 0 aliphatic rings. The molecule has 0 fully saturated rings. The maximum Gasteiger partial charge on any atom is 0.143 e. The molecule has 2 aromatic rings. The molecular weight excluding hydrogens is 215 g/mol. The van der Waals surface area contributed by atoms with E-state index in [0.717, 1.165) is 6.20 Å². The lowest BCUT2D eigenvalue weighted by Gasteiger charge is -1.98. The molecule has 0 aromatic carbocycles. The molecule has 0 spiro atoms. The molecule has 2 N–H and O–H groups in total. The van der Waals surface area contributed by atoms with Crippen LogP contribution in [0.4, 0.5) is 10.1 Å². The van der Waals surface area contributed by atoms with E-state index < -0.39 is 5.82 Å². The van der Waals surface area contributed by atoms with Crippen molar-refractivity contribution in [2.75, 3.05) is 5.73 Å². The SMILES string of the molecule is Nc1cn(-c2cncc(F)c2)nc1C=S. The Kier molecular flexibility index (Phi) is 2.42. The van der Waals surface area contributed by atoms with E-state index in [4.69, 9.17) is 18.0 Å². The molecule has 2 heterocycles. The van der Waals surface area contributed by atoms with Gasteiger partial charge in [-0.15, -0.1) is 0 Å². The average Bonchev–Trinajstić information content (AvgIpc) is 2.60. The maximum atomic E-state index is 12.9. The van der Waals surface area contributed by atoms with Gasteiger partial charge >= 0.3 is 0 Å². The summed E-state index contributed by atoms with van der Waals surface area (Å²) in [7, 11) is 0. The Hall–Kier alpha value is -1.82. The van der Waals surface area contributed by atoms with Crippen LogP contribution in [0.3, 0.4) is 0 Å². The zero-order chi connectivity index (χ0) is 10.8. The van der Waals surface area contributed by atoms with Crippen molar-refractivity contribution >= 4 is 23.3 Å². The molecule has 15 heavy (non-hydrogen) atoms. The normalized spacial score (nSPS) is 10.2. The van der Waals surface area contributed by atoms with E-state index >= 15 is 0 Å². The van der Waals surface area contributed by atoms with Gasteiger partial charge in [0.05, 0.1) is 30.0 Å². The number of hydrogen-bond donors (Lipinski definition) is 1. The molecule has 2 rings (SSSR count). The van der Waals surface area contributed by atoms with Crippen LogP contribution in [-0.2, 0) is 0 Å². The lowest BCUT2D eigenvalue weighted by molar-refractivity contribution is 0.618. The van der Waals surface area contributed by atoms with Gasteiger partial charge in [-0.2, -0.15) is 5.10 Å². The van der Waals surface area contributed by atoms with Gasteiger partial charge in [-0.05, 0) is 0 Å². The zero-order valence-electron chi connectivity index (χ0n) is 7.59. The molecule has 0 aliphatic carbocycles.